The molecule has 2 aliphatic rings. The number of hydrogen-bond acceptors (Lipinski definition) is 7. The van der Waals surface area contributed by atoms with Crippen LogP contribution in [0.25, 0.3) is 6.08 Å². The van der Waals surface area contributed by atoms with E-state index in [9.17, 15) is 13.2 Å². The van der Waals surface area contributed by atoms with Gasteiger partial charge in [0, 0.05) is 53.2 Å². The van der Waals surface area contributed by atoms with Crippen LogP contribution >= 0.6 is 23.7 Å². The van der Waals surface area contributed by atoms with Crippen LogP contribution in [0.2, 0.25) is 0 Å². The van der Waals surface area contributed by atoms with Crippen molar-refractivity contribution in [2.75, 3.05) is 55.9 Å². The number of allylic oxidation sites excluding steroid dienone is 1. The van der Waals surface area contributed by atoms with E-state index in [2.05, 4.69) is 84.3 Å². The molecule has 1 saturated carbocycles. The van der Waals surface area contributed by atoms with Gasteiger partial charge in [0.05, 0.1) is 19.3 Å². The largest absolute Gasteiger partial charge is 0.495 e. The van der Waals surface area contributed by atoms with Crippen molar-refractivity contribution in [2.24, 2.45) is 5.14 Å². The summed E-state index contributed by atoms with van der Waals surface area (Å²) in [6, 6.07) is 12.9. The van der Waals surface area contributed by atoms with Crippen LogP contribution in [0.5, 0.6) is 5.75 Å². The maximum Gasteiger partial charge on any atom is 0.388 e. The third-order valence-electron chi connectivity index (χ3n) is 7.25. The minimum atomic E-state index is -3.96. The third kappa shape index (κ3) is 15.0. The Balaban J connectivity index is 0.000000429. The summed E-state index contributed by atoms with van der Waals surface area (Å²) in [7, 11) is 3.84. The number of halogens is 3. The van der Waals surface area contributed by atoms with E-state index in [1.54, 1.807) is 7.11 Å². The van der Waals surface area contributed by atoms with Crippen LogP contribution in [0.3, 0.4) is 0 Å². The molecular weight excluding hydrogens is 602 g/mol. The summed E-state index contributed by atoms with van der Waals surface area (Å²) in [6.45, 7) is 8.42. The molecule has 2 fully saturated rings. The van der Waals surface area contributed by atoms with Crippen molar-refractivity contribution in [1.82, 2.24) is 4.90 Å². The number of methoxy groups -OCH3 is 1. The first kappa shape index (κ1) is 37.7. The van der Waals surface area contributed by atoms with Crippen LogP contribution in [0.1, 0.15) is 63.5 Å². The highest BCUT2D eigenvalue weighted by Crippen LogP contribution is 2.29. The third-order valence-corrected chi connectivity index (χ3v) is 8.72. The first-order valence-corrected chi connectivity index (χ1v) is 17.2. The molecule has 0 spiro atoms. The second-order valence-electron chi connectivity index (χ2n) is 10.9. The molecule has 244 valence electrons. The number of rotatable bonds is 7. The molecule has 44 heavy (non-hydrogen) atoms. The normalized spacial score (nSPS) is 15.9. The Morgan fingerprint density at radius 2 is 1.82 bits per heavy atom. The average molecular weight is 651 g/mol. The van der Waals surface area contributed by atoms with Gasteiger partial charge in [0.1, 0.15) is 5.75 Å². The average Bonchev–Trinajstić information content (AvgIpc) is 3.02. The van der Waals surface area contributed by atoms with Gasteiger partial charge in [-0.1, -0.05) is 50.2 Å². The number of aryl methyl sites for hydroxylation is 1. The van der Waals surface area contributed by atoms with Gasteiger partial charge in [-0.15, -0.1) is 0 Å². The maximum absolute atomic E-state index is 10.8. The van der Waals surface area contributed by atoms with E-state index in [-0.39, 0.29) is 0 Å². The number of ether oxygens (including phenoxy) is 1. The molecule has 0 bridgehead atoms. The smallest absolute Gasteiger partial charge is 0.388 e. The molecule has 1 heterocycles. The van der Waals surface area contributed by atoms with Gasteiger partial charge in [0.25, 0.3) is 0 Å². The number of hydrogen-bond donors (Lipinski definition) is 3. The van der Waals surface area contributed by atoms with Crippen molar-refractivity contribution in [3.63, 3.8) is 0 Å². The zero-order valence-electron chi connectivity index (χ0n) is 26.8. The van der Waals surface area contributed by atoms with Crippen LogP contribution in [0.15, 0.2) is 46.9 Å². The lowest BCUT2D eigenvalue weighted by Crippen LogP contribution is -2.28. The molecule has 2 aromatic carbocycles. The molecule has 0 radical (unpaired) electrons. The van der Waals surface area contributed by atoms with Gasteiger partial charge < -0.3 is 20.3 Å². The predicted molar refractivity (Wildman–Crippen MR) is 186 cm³/mol. The Hall–Kier alpha value is -2.45. The summed E-state index contributed by atoms with van der Waals surface area (Å²) in [5, 5.41) is 12.7. The lowest BCUT2D eigenvalue weighted by atomic mass is 9.94. The van der Waals surface area contributed by atoms with Crippen LogP contribution < -0.4 is 20.5 Å². The van der Waals surface area contributed by atoms with Crippen molar-refractivity contribution >= 4 is 41.2 Å². The van der Waals surface area contributed by atoms with Crippen molar-refractivity contribution in [3.05, 3.63) is 53.1 Å². The minimum absolute atomic E-state index is 0.539. The summed E-state index contributed by atoms with van der Waals surface area (Å²) >= 11 is 3.26. The molecule has 2 aromatic rings. The van der Waals surface area contributed by atoms with Crippen molar-refractivity contribution in [1.29, 1.82) is 0 Å². The number of anilines is 2. The molecule has 10 heteroatoms. The molecule has 1 aliphatic carbocycles. The van der Waals surface area contributed by atoms with Crippen molar-refractivity contribution in [2.45, 2.75) is 76.4 Å². The van der Waals surface area contributed by atoms with Crippen LogP contribution in [-0.4, -0.2) is 62.4 Å². The summed E-state index contributed by atoms with van der Waals surface area (Å²) in [6.07, 6.45) is 4.04. The first-order valence-electron chi connectivity index (χ1n) is 15.2. The Morgan fingerprint density at radius 3 is 2.39 bits per heavy atom. The molecular formula is C34H49F3N4OS2. The van der Waals surface area contributed by atoms with E-state index in [1.807, 2.05) is 18.2 Å². The summed E-state index contributed by atoms with van der Waals surface area (Å²) in [4.78, 5) is 3.33. The molecule has 1 saturated heterocycles. The van der Waals surface area contributed by atoms with Crippen molar-refractivity contribution < 1.29 is 17.9 Å². The minimum Gasteiger partial charge on any atom is -0.495 e. The topological polar surface area (TPSA) is 62.6 Å². The van der Waals surface area contributed by atoms with Gasteiger partial charge in [-0.2, -0.15) is 24.9 Å². The lowest BCUT2D eigenvalue weighted by Gasteiger charge is -2.25. The highest BCUT2D eigenvalue weighted by atomic mass is 32.2. The maximum atomic E-state index is 10.8. The number of nitrogens with one attached hydrogen (secondary N) is 2. The van der Waals surface area contributed by atoms with Crippen LogP contribution in [-0.2, 0) is 0 Å². The van der Waals surface area contributed by atoms with Crippen LogP contribution in [0, 0.1) is 18.8 Å². The lowest BCUT2D eigenvalue weighted by molar-refractivity contribution is -0.130. The summed E-state index contributed by atoms with van der Waals surface area (Å²) in [5.74, 6) is 9.92. The Bertz CT molecular complexity index is 1220. The molecule has 0 atom stereocenters. The van der Waals surface area contributed by atoms with Gasteiger partial charge in [-0.25, -0.2) is 0 Å². The second kappa shape index (κ2) is 20.6. The SMILES string of the molecule is CCC(F)(F)F.CN1CCSCC1.COc1cc(SN)ccc1NCC#C/C(C)=C/c1c(C)cccc1NC1CCCCC1. The second-order valence-corrected chi connectivity index (χ2v) is 12.8. The van der Waals surface area contributed by atoms with E-state index in [4.69, 9.17) is 9.88 Å². The fourth-order valence-corrected chi connectivity index (χ4v) is 5.99. The predicted octanol–water partition coefficient (Wildman–Crippen LogP) is 8.86. The van der Waals surface area contributed by atoms with Gasteiger partial charge in [-0.05, 0) is 87.2 Å². The molecule has 0 amide bonds. The highest BCUT2D eigenvalue weighted by molar-refractivity contribution is 7.99. The number of alkyl halides is 3. The van der Waals surface area contributed by atoms with E-state index >= 15 is 0 Å². The fourth-order valence-electron chi connectivity index (χ4n) is 4.59. The fraction of sp³-hybridized carbons (Fsp3) is 0.529. The first-order chi connectivity index (χ1) is 21.1. The monoisotopic (exact) mass is 650 g/mol. The van der Waals surface area contributed by atoms with Gasteiger partial charge in [0.2, 0.25) is 0 Å². The molecule has 1 aliphatic heterocycles. The van der Waals surface area contributed by atoms with E-state index in [0.717, 1.165) is 28.8 Å². The zero-order chi connectivity index (χ0) is 32.4. The standard InChI is InChI=1S/C26H33N3OS.C5H11NS.C3H5F3/c1-19(9-8-16-28-25-15-14-22(31-27)18-26(25)30-3)17-23-20(2)10-7-13-24(23)29-21-11-5-4-6-12-21;1-6-2-4-7-5-3-6;1-2-3(4,5)6/h7,10,13-15,17-18,21,28-29H,4-6,11-12,16,27H2,1-3H3;2-5H2,1H3;2H2,1H3/b19-17+;;. The summed E-state index contributed by atoms with van der Waals surface area (Å²) in [5.41, 5.74) is 5.68. The van der Waals surface area contributed by atoms with E-state index in [1.165, 1.54) is 85.5 Å². The number of nitrogens with two attached hydrogens (primary N) is 1. The van der Waals surface area contributed by atoms with Crippen molar-refractivity contribution in [3.8, 4) is 17.6 Å². The zero-order valence-corrected chi connectivity index (χ0v) is 28.4. The molecule has 4 rings (SSSR count). The quantitative estimate of drug-likeness (QED) is 0.204. The molecule has 5 nitrogen and oxygen atoms in total. The number of benzene rings is 2. The van der Waals surface area contributed by atoms with Gasteiger partial charge in [0.15, 0.2) is 0 Å². The van der Waals surface area contributed by atoms with E-state index in [0.29, 0.717) is 12.6 Å². The number of nitrogens with zero attached hydrogens (tertiary/aromatic N) is 1. The van der Waals surface area contributed by atoms with Gasteiger partial charge in [-0.3, -0.25) is 5.14 Å². The Labute approximate surface area is 271 Å². The molecule has 0 unspecified atom stereocenters. The van der Waals surface area contributed by atoms with Gasteiger partial charge >= 0.3 is 6.18 Å². The molecule has 0 aromatic heterocycles. The van der Waals surface area contributed by atoms with Crippen LogP contribution in [0.4, 0.5) is 24.5 Å². The Morgan fingerprint density at radius 1 is 1.14 bits per heavy atom. The Kier molecular flexibility index (Phi) is 17.6. The molecule has 4 N–H and O–H groups in total. The number of thioether (sulfide) groups is 1. The summed E-state index contributed by atoms with van der Waals surface area (Å²) < 4.78 is 37.8. The van der Waals surface area contributed by atoms with E-state index < -0.39 is 12.6 Å². The highest BCUT2D eigenvalue weighted by Gasteiger charge is 2.22.